The van der Waals surface area contributed by atoms with E-state index in [4.69, 9.17) is 11.6 Å². The molecule has 0 aliphatic heterocycles. The molecule has 0 saturated carbocycles. The first-order valence-electron chi connectivity index (χ1n) is 12.9. The van der Waals surface area contributed by atoms with Crippen LogP contribution in [-0.2, 0) is 32.3 Å². The molecule has 220 valence electrons. The van der Waals surface area contributed by atoms with Gasteiger partial charge in [0.15, 0.2) is 0 Å². The molecule has 0 fully saturated rings. The summed E-state index contributed by atoms with van der Waals surface area (Å²) in [6, 6.07) is 16.4. The van der Waals surface area contributed by atoms with E-state index in [2.05, 4.69) is 5.32 Å². The number of anilines is 1. The topological polar surface area (TPSA) is 86.8 Å². The summed E-state index contributed by atoms with van der Waals surface area (Å²) in [7, 11) is -4.50. The number of nitrogens with one attached hydrogen (secondary N) is 1. The maximum Gasteiger partial charge on any atom is 0.416 e. The standard InChI is InChI=1S/C29H31ClF3N3O4S/c1-3-4-17-34-28(38)21(2)35(19-22-11-8-9-16-26(22)30)27(37)20-36(41(39,40)25-14-6-5-7-15-25)24-13-10-12-23(18-24)29(31,32)33/h5-16,18,21H,3-4,17,19-20H2,1-2H3,(H,34,38)/t21-/m0/s1. The molecule has 0 unspecified atom stereocenters. The van der Waals surface area contributed by atoms with E-state index in [1.165, 1.54) is 42.2 Å². The van der Waals surface area contributed by atoms with Crippen LogP contribution in [0.5, 0.6) is 0 Å². The van der Waals surface area contributed by atoms with Crippen molar-refractivity contribution in [3.8, 4) is 0 Å². The third-order valence-electron chi connectivity index (χ3n) is 6.37. The van der Waals surface area contributed by atoms with Gasteiger partial charge in [-0.3, -0.25) is 13.9 Å². The van der Waals surface area contributed by atoms with Crippen LogP contribution in [0.4, 0.5) is 18.9 Å². The SMILES string of the molecule is CCCCNC(=O)[C@H](C)N(Cc1ccccc1Cl)C(=O)CN(c1cccc(C(F)(F)F)c1)S(=O)(=O)c1ccccc1. The van der Waals surface area contributed by atoms with E-state index in [0.717, 1.165) is 25.0 Å². The van der Waals surface area contributed by atoms with E-state index in [1.54, 1.807) is 30.3 Å². The molecule has 3 aromatic rings. The molecule has 12 heteroatoms. The largest absolute Gasteiger partial charge is 0.416 e. The van der Waals surface area contributed by atoms with Gasteiger partial charge in [-0.05, 0) is 55.3 Å². The van der Waals surface area contributed by atoms with Crippen molar-refractivity contribution in [2.75, 3.05) is 17.4 Å². The van der Waals surface area contributed by atoms with E-state index >= 15 is 0 Å². The predicted molar refractivity (Wildman–Crippen MR) is 152 cm³/mol. The van der Waals surface area contributed by atoms with Crippen LogP contribution in [0.25, 0.3) is 0 Å². The number of hydrogen-bond acceptors (Lipinski definition) is 4. The smallest absolute Gasteiger partial charge is 0.354 e. The highest BCUT2D eigenvalue weighted by Gasteiger charge is 2.35. The molecular weight excluding hydrogens is 579 g/mol. The Bertz CT molecular complexity index is 1450. The number of unbranched alkanes of at least 4 members (excludes halogenated alkanes) is 1. The van der Waals surface area contributed by atoms with Gasteiger partial charge < -0.3 is 10.2 Å². The number of carbonyl (C=O) groups is 2. The van der Waals surface area contributed by atoms with Gasteiger partial charge >= 0.3 is 6.18 Å². The molecule has 0 spiro atoms. The van der Waals surface area contributed by atoms with E-state index in [-0.39, 0.29) is 17.1 Å². The monoisotopic (exact) mass is 609 g/mol. The fourth-order valence-corrected chi connectivity index (χ4v) is 5.64. The summed E-state index contributed by atoms with van der Waals surface area (Å²) in [6.07, 6.45) is -3.20. The van der Waals surface area contributed by atoms with Crippen LogP contribution in [0, 0.1) is 0 Å². The van der Waals surface area contributed by atoms with E-state index in [9.17, 15) is 31.2 Å². The summed E-state index contributed by atoms with van der Waals surface area (Å²) in [4.78, 5) is 27.8. The zero-order valence-electron chi connectivity index (χ0n) is 22.6. The molecule has 2 amide bonds. The average molecular weight is 610 g/mol. The van der Waals surface area contributed by atoms with Crippen molar-refractivity contribution >= 4 is 39.1 Å². The van der Waals surface area contributed by atoms with E-state index in [1.807, 2.05) is 6.92 Å². The number of alkyl halides is 3. The lowest BCUT2D eigenvalue weighted by molar-refractivity contribution is -0.139. The van der Waals surface area contributed by atoms with Crippen LogP contribution in [0.3, 0.4) is 0 Å². The van der Waals surface area contributed by atoms with Crippen molar-refractivity contribution in [1.82, 2.24) is 10.2 Å². The van der Waals surface area contributed by atoms with E-state index in [0.29, 0.717) is 27.5 Å². The Balaban J connectivity index is 2.06. The summed E-state index contributed by atoms with van der Waals surface area (Å²) >= 11 is 6.32. The van der Waals surface area contributed by atoms with Crippen molar-refractivity contribution in [3.63, 3.8) is 0 Å². The summed E-state index contributed by atoms with van der Waals surface area (Å²) < 4.78 is 68.7. The van der Waals surface area contributed by atoms with Crippen molar-refractivity contribution in [1.29, 1.82) is 0 Å². The van der Waals surface area contributed by atoms with Crippen molar-refractivity contribution < 1.29 is 31.2 Å². The number of hydrogen-bond donors (Lipinski definition) is 1. The molecule has 7 nitrogen and oxygen atoms in total. The molecule has 0 radical (unpaired) electrons. The lowest BCUT2D eigenvalue weighted by Crippen LogP contribution is -2.51. The normalized spacial score (nSPS) is 12.4. The van der Waals surface area contributed by atoms with Crippen LogP contribution in [0.2, 0.25) is 5.02 Å². The molecule has 0 aliphatic rings. The average Bonchev–Trinajstić information content (AvgIpc) is 2.95. The van der Waals surface area contributed by atoms with Crippen molar-refractivity contribution in [3.05, 3.63) is 95.0 Å². The van der Waals surface area contributed by atoms with Crippen molar-refractivity contribution in [2.24, 2.45) is 0 Å². The van der Waals surface area contributed by atoms with E-state index < -0.39 is 46.2 Å². The number of amides is 2. The number of rotatable bonds is 12. The lowest BCUT2D eigenvalue weighted by atomic mass is 10.1. The van der Waals surface area contributed by atoms with Gasteiger partial charge in [0.05, 0.1) is 16.1 Å². The summed E-state index contributed by atoms with van der Waals surface area (Å²) in [5.74, 6) is -1.27. The second kappa shape index (κ2) is 13.9. The Kier molecular flexibility index (Phi) is 10.8. The number of carbonyl (C=O) groups excluding carboxylic acids is 2. The summed E-state index contributed by atoms with van der Waals surface area (Å²) in [5.41, 5.74) is -0.922. The Hall–Kier alpha value is -3.57. The van der Waals surface area contributed by atoms with Gasteiger partial charge in [0.2, 0.25) is 11.8 Å². The van der Waals surface area contributed by atoms with Gasteiger partial charge in [0, 0.05) is 18.1 Å². The first-order valence-corrected chi connectivity index (χ1v) is 14.7. The van der Waals surface area contributed by atoms with Gasteiger partial charge in [-0.2, -0.15) is 13.2 Å². The Morgan fingerprint density at radius 3 is 2.27 bits per heavy atom. The zero-order chi connectivity index (χ0) is 30.2. The first kappa shape index (κ1) is 32.0. The fourth-order valence-electron chi connectivity index (χ4n) is 4.01. The molecule has 41 heavy (non-hydrogen) atoms. The van der Waals surface area contributed by atoms with Crippen molar-refractivity contribution in [2.45, 2.75) is 50.3 Å². The molecule has 1 atom stereocenters. The maximum atomic E-state index is 13.9. The summed E-state index contributed by atoms with van der Waals surface area (Å²) in [6.45, 7) is 2.83. The van der Waals surface area contributed by atoms with Crippen LogP contribution >= 0.6 is 11.6 Å². The van der Waals surface area contributed by atoms with Gasteiger partial charge in [0.25, 0.3) is 10.0 Å². The number of sulfonamides is 1. The predicted octanol–water partition coefficient (Wildman–Crippen LogP) is 5.89. The van der Waals surface area contributed by atoms with Gasteiger partial charge in [0.1, 0.15) is 12.6 Å². The Labute approximate surface area is 243 Å². The Morgan fingerprint density at radius 2 is 1.63 bits per heavy atom. The minimum Gasteiger partial charge on any atom is -0.354 e. The minimum absolute atomic E-state index is 0.136. The highest BCUT2D eigenvalue weighted by Crippen LogP contribution is 2.33. The molecule has 0 aliphatic carbocycles. The molecule has 3 aromatic carbocycles. The Morgan fingerprint density at radius 1 is 0.976 bits per heavy atom. The maximum absolute atomic E-state index is 13.9. The third kappa shape index (κ3) is 8.23. The fraction of sp³-hybridized carbons (Fsp3) is 0.310. The number of benzene rings is 3. The third-order valence-corrected chi connectivity index (χ3v) is 8.52. The second-order valence-corrected chi connectivity index (χ2v) is 11.6. The highest BCUT2D eigenvalue weighted by atomic mass is 35.5. The quantitative estimate of drug-likeness (QED) is 0.260. The van der Waals surface area contributed by atoms with Crippen LogP contribution in [0.1, 0.15) is 37.8 Å². The molecule has 0 bridgehead atoms. The first-order chi connectivity index (χ1) is 19.4. The number of nitrogens with zero attached hydrogens (tertiary/aromatic N) is 2. The van der Waals surface area contributed by atoms with Gasteiger partial charge in [-0.1, -0.05) is 67.4 Å². The molecule has 0 saturated heterocycles. The van der Waals surface area contributed by atoms with Crippen LogP contribution in [-0.4, -0.2) is 44.3 Å². The molecule has 3 rings (SSSR count). The molecule has 1 N–H and O–H groups in total. The summed E-state index contributed by atoms with van der Waals surface area (Å²) in [5, 5.41) is 3.09. The van der Waals surface area contributed by atoms with Gasteiger partial charge in [-0.15, -0.1) is 0 Å². The zero-order valence-corrected chi connectivity index (χ0v) is 24.1. The lowest BCUT2D eigenvalue weighted by Gasteiger charge is -2.32. The van der Waals surface area contributed by atoms with Crippen LogP contribution < -0.4 is 9.62 Å². The molecular formula is C29H31ClF3N3O4S. The second-order valence-electron chi connectivity index (χ2n) is 9.31. The van der Waals surface area contributed by atoms with Crippen LogP contribution in [0.15, 0.2) is 83.8 Å². The highest BCUT2D eigenvalue weighted by molar-refractivity contribution is 7.92. The number of halogens is 4. The van der Waals surface area contributed by atoms with Gasteiger partial charge in [-0.25, -0.2) is 8.42 Å². The molecule has 0 heterocycles. The minimum atomic E-state index is -4.75. The molecule has 0 aromatic heterocycles.